The van der Waals surface area contributed by atoms with Gasteiger partial charge in [-0.25, -0.2) is 4.98 Å². The van der Waals surface area contributed by atoms with Crippen LogP contribution in [0.1, 0.15) is 11.4 Å². The quantitative estimate of drug-likeness (QED) is 0.680. The van der Waals surface area contributed by atoms with E-state index in [2.05, 4.69) is 4.98 Å². The summed E-state index contributed by atoms with van der Waals surface area (Å²) in [5.41, 5.74) is 7.83. The number of pyridine rings is 1. The molecule has 0 aliphatic carbocycles. The minimum absolute atomic E-state index is 0.565. The predicted molar refractivity (Wildman–Crippen MR) is 47.8 cm³/mol. The highest BCUT2D eigenvalue weighted by atomic mass is 15.0. The van der Waals surface area contributed by atoms with Crippen LogP contribution in [0.5, 0.6) is 0 Å². The molecule has 0 spiro atoms. The lowest BCUT2D eigenvalue weighted by atomic mass is 10.2. The van der Waals surface area contributed by atoms with E-state index in [1.54, 1.807) is 0 Å². The van der Waals surface area contributed by atoms with Gasteiger partial charge in [-0.05, 0) is 18.6 Å². The molecular formula is C9H11N3. The van der Waals surface area contributed by atoms with Crippen molar-refractivity contribution in [2.75, 3.05) is 0 Å². The molecule has 62 valence electrons. The summed E-state index contributed by atoms with van der Waals surface area (Å²) >= 11 is 0. The van der Waals surface area contributed by atoms with Crippen molar-refractivity contribution >= 4 is 5.52 Å². The molecule has 2 aromatic heterocycles. The standard InChI is InChI=1S/C9H11N3/c1-7-11-6-9-8(5-10)3-2-4-12(7)9/h2-4,6H,5,10H2,1H3. The highest BCUT2D eigenvalue weighted by molar-refractivity contribution is 5.53. The van der Waals surface area contributed by atoms with Crippen LogP contribution >= 0.6 is 0 Å². The van der Waals surface area contributed by atoms with Gasteiger partial charge >= 0.3 is 0 Å². The third kappa shape index (κ3) is 0.905. The molecule has 0 unspecified atom stereocenters. The van der Waals surface area contributed by atoms with Crippen molar-refractivity contribution < 1.29 is 0 Å². The smallest absolute Gasteiger partial charge is 0.110 e. The lowest BCUT2D eigenvalue weighted by Gasteiger charge is -2.00. The largest absolute Gasteiger partial charge is 0.326 e. The van der Waals surface area contributed by atoms with Crippen LogP contribution in [0.15, 0.2) is 24.5 Å². The Morgan fingerprint density at radius 1 is 1.58 bits per heavy atom. The van der Waals surface area contributed by atoms with Crippen LogP contribution in [0.4, 0.5) is 0 Å². The predicted octanol–water partition coefficient (Wildman–Crippen LogP) is 1.10. The van der Waals surface area contributed by atoms with E-state index in [-0.39, 0.29) is 0 Å². The number of hydrogen-bond donors (Lipinski definition) is 1. The third-order valence-corrected chi connectivity index (χ3v) is 2.06. The lowest BCUT2D eigenvalue weighted by molar-refractivity contribution is 1.01. The number of nitrogens with zero attached hydrogens (tertiary/aromatic N) is 2. The Morgan fingerprint density at radius 3 is 3.17 bits per heavy atom. The Balaban J connectivity index is 2.81. The zero-order valence-corrected chi connectivity index (χ0v) is 6.99. The summed E-state index contributed by atoms with van der Waals surface area (Å²) in [6.07, 6.45) is 3.86. The Bertz CT molecular complexity index is 403. The van der Waals surface area contributed by atoms with Crippen LogP contribution in [0.25, 0.3) is 5.52 Å². The molecule has 0 aromatic carbocycles. The maximum absolute atomic E-state index is 5.58. The summed E-state index contributed by atoms with van der Waals surface area (Å²) in [6, 6.07) is 4.01. The van der Waals surface area contributed by atoms with Gasteiger partial charge in [0, 0.05) is 12.7 Å². The maximum Gasteiger partial charge on any atom is 0.110 e. The van der Waals surface area contributed by atoms with Crippen LogP contribution in [-0.4, -0.2) is 9.38 Å². The Hall–Kier alpha value is -1.35. The molecule has 2 rings (SSSR count). The average molecular weight is 161 g/mol. The second kappa shape index (κ2) is 2.60. The first-order valence-corrected chi connectivity index (χ1v) is 3.94. The number of hydrogen-bond acceptors (Lipinski definition) is 2. The molecule has 12 heavy (non-hydrogen) atoms. The van der Waals surface area contributed by atoms with Gasteiger partial charge in [0.25, 0.3) is 0 Å². The number of fused-ring (bicyclic) bond motifs is 1. The fourth-order valence-electron chi connectivity index (χ4n) is 1.38. The molecule has 0 aliphatic heterocycles. The maximum atomic E-state index is 5.58. The molecule has 0 radical (unpaired) electrons. The zero-order valence-electron chi connectivity index (χ0n) is 6.99. The van der Waals surface area contributed by atoms with Gasteiger partial charge < -0.3 is 10.1 Å². The summed E-state index contributed by atoms with van der Waals surface area (Å²) in [5.74, 6) is 1.00. The number of rotatable bonds is 1. The Labute approximate surface area is 70.8 Å². The van der Waals surface area contributed by atoms with E-state index in [9.17, 15) is 0 Å². The van der Waals surface area contributed by atoms with Crippen molar-refractivity contribution in [1.29, 1.82) is 0 Å². The summed E-state index contributed by atoms with van der Waals surface area (Å²) in [5, 5.41) is 0. The van der Waals surface area contributed by atoms with E-state index >= 15 is 0 Å². The first-order chi connectivity index (χ1) is 5.83. The number of nitrogens with two attached hydrogens (primary N) is 1. The molecule has 0 amide bonds. The van der Waals surface area contributed by atoms with E-state index in [0.717, 1.165) is 16.9 Å². The molecular weight excluding hydrogens is 150 g/mol. The van der Waals surface area contributed by atoms with Gasteiger partial charge in [-0.1, -0.05) is 6.07 Å². The first-order valence-electron chi connectivity index (χ1n) is 3.94. The van der Waals surface area contributed by atoms with Crippen molar-refractivity contribution in [2.24, 2.45) is 5.73 Å². The molecule has 0 saturated heterocycles. The molecule has 2 N–H and O–H groups in total. The SMILES string of the molecule is Cc1ncc2c(CN)cccn12. The number of aryl methyl sites for hydroxylation is 1. The third-order valence-electron chi connectivity index (χ3n) is 2.06. The van der Waals surface area contributed by atoms with E-state index in [1.807, 2.05) is 35.9 Å². The normalized spacial score (nSPS) is 10.8. The Morgan fingerprint density at radius 2 is 2.42 bits per heavy atom. The Kier molecular flexibility index (Phi) is 1.59. The molecule has 0 bridgehead atoms. The van der Waals surface area contributed by atoms with Crippen LogP contribution in [0.3, 0.4) is 0 Å². The van der Waals surface area contributed by atoms with Crippen molar-refractivity contribution in [3.8, 4) is 0 Å². The van der Waals surface area contributed by atoms with Gasteiger partial charge in [-0.2, -0.15) is 0 Å². The molecule has 2 heterocycles. The minimum Gasteiger partial charge on any atom is -0.326 e. The summed E-state index contributed by atoms with van der Waals surface area (Å²) in [7, 11) is 0. The summed E-state index contributed by atoms with van der Waals surface area (Å²) in [4.78, 5) is 4.21. The zero-order chi connectivity index (χ0) is 8.55. The van der Waals surface area contributed by atoms with Crippen molar-refractivity contribution in [3.63, 3.8) is 0 Å². The molecule has 0 saturated carbocycles. The molecule has 3 heteroatoms. The monoisotopic (exact) mass is 161 g/mol. The van der Waals surface area contributed by atoms with Crippen molar-refractivity contribution in [3.05, 3.63) is 35.9 Å². The van der Waals surface area contributed by atoms with Gasteiger partial charge in [0.2, 0.25) is 0 Å². The van der Waals surface area contributed by atoms with E-state index in [0.29, 0.717) is 6.54 Å². The van der Waals surface area contributed by atoms with Crippen molar-refractivity contribution in [2.45, 2.75) is 13.5 Å². The lowest BCUT2D eigenvalue weighted by Crippen LogP contribution is -1.99. The van der Waals surface area contributed by atoms with Gasteiger partial charge in [0.15, 0.2) is 0 Å². The fourth-order valence-corrected chi connectivity index (χ4v) is 1.38. The van der Waals surface area contributed by atoms with Gasteiger partial charge in [0.1, 0.15) is 5.82 Å². The number of imidazole rings is 1. The van der Waals surface area contributed by atoms with E-state index in [4.69, 9.17) is 5.73 Å². The highest BCUT2D eigenvalue weighted by Crippen LogP contribution is 2.11. The molecule has 0 atom stereocenters. The van der Waals surface area contributed by atoms with E-state index < -0.39 is 0 Å². The molecule has 2 aromatic rings. The van der Waals surface area contributed by atoms with E-state index in [1.165, 1.54) is 0 Å². The second-order valence-corrected chi connectivity index (χ2v) is 2.80. The van der Waals surface area contributed by atoms with Crippen LogP contribution < -0.4 is 5.73 Å². The highest BCUT2D eigenvalue weighted by Gasteiger charge is 2.01. The minimum atomic E-state index is 0.565. The summed E-state index contributed by atoms with van der Waals surface area (Å²) in [6.45, 7) is 2.54. The summed E-state index contributed by atoms with van der Waals surface area (Å²) < 4.78 is 2.04. The van der Waals surface area contributed by atoms with Crippen LogP contribution in [-0.2, 0) is 6.54 Å². The fraction of sp³-hybridized carbons (Fsp3) is 0.222. The molecule has 0 aliphatic rings. The first kappa shape index (κ1) is 7.31. The van der Waals surface area contributed by atoms with Gasteiger partial charge in [-0.15, -0.1) is 0 Å². The number of aromatic nitrogens is 2. The second-order valence-electron chi connectivity index (χ2n) is 2.80. The topological polar surface area (TPSA) is 43.3 Å². The molecule has 3 nitrogen and oxygen atoms in total. The molecule has 0 fully saturated rings. The van der Waals surface area contributed by atoms with Crippen molar-refractivity contribution in [1.82, 2.24) is 9.38 Å². The van der Waals surface area contributed by atoms with Gasteiger partial charge in [-0.3, -0.25) is 0 Å². The average Bonchev–Trinajstić information content (AvgIpc) is 2.48. The van der Waals surface area contributed by atoms with Gasteiger partial charge in [0.05, 0.1) is 11.7 Å². The van der Waals surface area contributed by atoms with Crippen LogP contribution in [0.2, 0.25) is 0 Å². The van der Waals surface area contributed by atoms with Crippen LogP contribution in [0, 0.1) is 6.92 Å².